The van der Waals surface area contributed by atoms with E-state index in [1.165, 1.54) is 6.21 Å². The molecule has 0 spiro atoms. The zero-order chi connectivity index (χ0) is 21.0. The minimum atomic E-state index is -0.854. The summed E-state index contributed by atoms with van der Waals surface area (Å²) in [6.07, 6.45) is 1.53. The van der Waals surface area contributed by atoms with Gasteiger partial charge in [-0.1, -0.05) is 29.8 Å². The number of hydrazone groups is 1. The lowest BCUT2D eigenvalue weighted by molar-refractivity contribution is -0.136. The highest BCUT2D eigenvalue weighted by Crippen LogP contribution is 2.20. The molecule has 148 valence electrons. The molecule has 2 amide bonds. The van der Waals surface area contributed by atoms with E-state index in [1.54, 1.807) is 25.1 Å². The Morgan fingerprint density at radius 3 is 2.41 bits per heavy atom. The van der Waals surface area contributed by atoms with Crippen molar-refractivity contribution in [3.05, 3.63) is 82.1 Å². The molecule has 2 N–H and O–H groups in total. The minimum Gasteiger partial charge on any atom is -0.318 e. The van der Waals surface area contributed by atoms with Crippen molar-refractivity contribution in [1.82, 2.24) is 9.99 Å². The number of aromatic nitrogens is 1. The van der Waals surface area contributed by atoms with Crippen LogP contribution < -0.4 is 10.7 Å². The summed E-state index contributed by atoms with van der Waals surface area (Å²) >= 11 is 5.89. The van der Waals surface area contributed by atoms with Crippen LogP contribution in [0.15, 0.2) is 59.7 Å². The van der Waals surface area contributed by atoms with Gasteiger partial charge in [0.05, 0.1) is 6.21 Å². The van der Waals surface area contributed by atoms with Gasteiger partial charge in [-0.05, 0) is 62.7 Å². The number of carbonyl (C=O) groups is 2. The molecule has 1 heterocycles. The van der Waals surface area contributed by atoms with Crippen LogP contribution in [0.5, 0.6) is 0 Å². The summed E-state index contributed by atoms with van der Waals surface area (Å²) in [5.41, 5.74) is 7.45. The molecule has 6 nitrogen and oxygen atoms in total. The number of nitrogens with one attached hydrogen (secondary N) is 2. The van der Waals surface area contributed by atoms with Crippen LogP contribution in [0.4, 0.5) is 5.69 Å². The molecule has 0 fully saturated rings. The third-order valence-electron chi connectivity index (χ3n) is 4.50. The number of rotatable bonds is 4. The molecule has 1 aromatic heterocycles. The van der Waals surface area contributed by atoms with Crippen LogP contribution in [0.1, 0.15) is 22.5 Å². The third kappa shape index (κ3) is 4.73. The average molecular weight is 409 g/mol. The van der Waals surface area contributed by atoms with Gasteiger partial charge in [-0.3, -0.25) is 9.59 Å². The van der Waals surface area contributed by atoms with Gasteiger partial charge in [0.25, 0.3) is 0 Å². The number of anilines is 1. The smallest absolute Gasteiger partial charge is 0.318 e. The Kier molecular flexibility index (Phi) is 6.14. The lowest BCUT2D eigenvalue weighted by atomic mass is 10.2. The Hall–Kier alpha value is -3.38. The number of carbonyl (C=O) groups excluding carboxylic acids is 2. The van der Waals surface area contributed by atoms with E-state index in [2.05, 4.69) is 20.4 Å². The number of aryl methyl sites for hydroxylation is 2. The maximum Gasteiger partial charge on any atom is 0.329 e. The number of halogens is 1. The Labute approximate surface area is 174 Å². The molecule has 3 rings (SSSR count). The first-order valence-corrected chi connectivity index (χ1v) is 9.39. The van der Waals surface area contributed by atoms with Gasteiger partial charge in [0.2, 0.25) is 0 Å². The predicted molar refractivity (Wildman–Crippen MR) is 116 cm³/mol. The Balaban J connectivity index is 1.67. The second-order valence-electron chi connectivity index (χ2n) is 6.61. The van der Waals surface area contributed by atoms with Crippen molar-refractivity contribution in [3.8, 4) is 5.69 Å². The SMILES string of the molecule is Cc1cc(Cl)ccc1NC(=O)C(=O)N/N=C\c1cc(C)n(-c2ccccc2)c1C. The molecule has 0 bridgehead atoms. The highest BCUT2D eigenvalue weighted by Gasteiger charge is 2.14. The van der Waals surface area contributed by atoms with Gasteiger partial charge in [-0.2, -0.15) is 5.10 Å². The van der Waals surface area contributed by atoms with Crippen molar-refractivity contribution in [2.24, 2.45) is 5.10 Å². The molecule has 0 unspecified atom stereocenters. The molecular weight excluding hydrogens is 388 g/mol. The van der Waals surface area contributed by atoms with Gasteiger partial charge in [0, 0.05) is 33.3 Å². The van der Waals surface area contributed by atoms with Gasteiger partial charge >= 0.3 is 11.8 Å². The van der Waals surface area contributed by atoms with Crippen molar-refractivity contribution in [2.45, 2.75) is 20.8 Å². The van der Waals surface area contributed by atoms with E-state index in [4.69, 9.17) is 11.6 Å². The fraction of sp³-hybridized carbons (Fsp3) is 0.136. The second kappa shape index (κ2) is 8.75. The molecule has 0 radical (unpaired) electrons. The number of amides is 2. The van der Waals surface area contributed by atoms with E-state index in [0.29, 0.717) is 10.7 Å². The summed E-state index contributed by atoms with van der Waals surface area (Å²) in [5, 5.41) is 7.03. The highest BCUT2D eigenvalue weighted by molar-refractivity contribution is 6.39. The van der Waals surface area contributed by atoms with E-state index < -0.39 is 11.8 Å². The topological polar surface area (TPSA) is 75.5 Å². The molecule has 0 aliphatic carbocycles. The number of nitrogens with zero attached hydrogens (tertiary/aromatic N) is 2. The summed E-state index contributed by atoms with van der Waals surface area (Å²) in [7, 11) is 0. The Bertz CT molecular complexity index is 1090. The van der Waals surface area contributed by atoms with Crippen LogP contribution >= 0.6 is 11.6 Å². The zero-order valence-electron chi connectivity index (χ0n) is 16.4. The molecular formula is C22H21ClN4O2. The van der Waals surface area contributed by atoms with Gasteiger partial charge in [-0.25, -0.2) is 5.43 Å². The molecule has 7 heteroatoms. The molecule has 0 saturated carbocycles. The van der Waals surface area contributed by atoms with Crippen molar-refractivity contribution in [2.75, 3.05) is 5.32 Å². The first kappa shape index (κ1) is 20.4. The van der Waals surface area contributed by atoms with Gasteiger partial charge in [0.1, 0.15) is 0 Å². The first-order chi connectivity index (χ1) is 13.9. The number of para-hydroxylation sites is 1. The zero-order valence-corrected chi connectivity index (χ0v) is 17.1. The van der Waals surface area contributed by atoms with Crippen LogP contribution in [0, 0.1) is 20.8 Å². The maximum absolute atomic E-state index is 12.1. The normalized spacial score (nSPS) is 10.9. The fourth-order valence-corrected chi connectivity index (χ4v) is 3.28. The quantitative estimate of drug-likeness (QED) is 0.386. The average Bonchev–Trinajstić information content (AvgIpc) is 2.98. The van der Waals surface area contributed by atoms with Gasteiger partial charge in [0.15, 0.2) is 0 Å². The number of hydrogen-bond acceptors (Lipinski definition) is 3. The summed E-state index contributed by atoms with van der Waals surface area (Å²) in [6.45, 7) is 5.76. The largest absolute Gasteiger partial charge is 0.329 e. The molecule has 2 aromatic carbocycles. The van der Waals surface area contributed by atoms with Crippen molar-refractivity contribution >= 4 is 35.3 Å². The highest BCUT2D eigenvalue weighted by atomic mass is 35.5. The van der Waals surface area contributed by atoms with Crippen molar-refractivity contribution in [3.63, 3.8) is 0 Å². The van der Waals surface area contributed by atoms with Crippen LogP contribution in [0.2, 0.25) is 5.02 Å². The molecule has 0 aliphatic rings. The van der Waals surface area contributed by atoms with E-state index in [-0.39, 0.29) is 0 Å². The van der Waals surface area contributed by atoms with E-state index >= 15 is 0 Å². The van der Waals surface area contributed by atoms with Crippen LogP contribution in [0.3, 0.4) is 0 Å². The van der Waals surface area contributed by atoms with Crippen molar-refractivity contribution < 1.29 is 9.59 Å². The molecule has 3 aromatic rings. The lowest BCUT2D eigenvalue weighted by Crippen LogP contribution is -2.32. The van der Waals surface area contributed by atoms with Crippen LogP contribution in [0.25, 0.3) is 5.69 Å². The van der Waals surface area contributed by atoms with E-state index in [1.807, 2.05) is 50.2 Å². The lowest BCUT2D eigenvalue weighted by Gasteiger charge is -2.09. The minimum absolute atomic E-state index is 0.518. The van der Waals surface area contributed by atoms with E-state index in [0.717, 1.165) is 28.2 Å². The maximum atomic E-state index is 12.1. The van der Waals surface area contributed by atoms with Crippen LogP contribution in [-0.4, -0.2) is 22.6 Å². The summed E-state index contributed by atoms with van der Waals surface area (Å²) in [5.74, 6) is -1.66. The van der Waals surface area contributed by atoms with E-state index in [9.17, 15) is 9.59 Å². The predicted octanol–water partition coefficient (Wildman–Crippen LogP) is 4.14. The third-order valence-corrected chi connectivity index (χ3v) is 4.73. The second-order valence-corrected chi connectivity index (χ2v) is 7.05. The summed E-state index contributed by atoms with van der Waals surface area (Å²) in [6, 6.07) is 16.9. The number of hydrogen-bond donors (Lipinski definition) is 2. The molecule has 29 heavy (non-hydrogen) atoms. The Morgan fingerprint density at radius 2 is 1.72 bits per heavy atom. The molecule has 0 aliphatic heterocycles. The first-order valence-electron chi connectivity index (χ1n) is 9.01. The fourth-order valence-electron chi connectivity index (χ4n) is 3.05. The molecule has 0 saturated heterocycles. The van der Waals surface area contributed by atoms with Crippen LogP contribution in [-0.2, 0) is 9.59 Å². The Morgan fingerprint density at radius 1 is 1.00 bits per heavy atom. The number of benzene rings is 2. The van der Waals surface area contributed by atoms with Gasteiger partial charge < -0.3 is 9.88 Å². The summed E-state index contributed by atoms with van der Waals surface area (Å²) in [4.78, 5) is 24.1. The molecule has 0 atom stereocenters. The monoisotopic (exact) mass is 408 g/mol. The standard InChI is InChI=1S/C22H21ClN4O2/c1-14-11-18(23)9-10-20(14)25-21(28)22(29)26-24-13-17-12-15(2)27(16(17)3)19-7-5-4-6-8-19/h4-13H,1-3H3,(H,25,28)(H,26,29)/b24-13-. The summed E-state index contributed by atoms with van der Waals surface area (Å²) < 4.78 is 2.10. The van der Waals surface area contributed by atoms with Gasteiger partial charge in [-0.15, -0.1) is 0 Å². The van der Waals surface area contributed by atoms with Crippen molar-refractivity contribution in [1.29, 1.82) is 0 Å².